The van der Waals surface area contributed by atoms with Crippen LogP contribution in [0.15, 0.2) is 18.2 Å². The molecule has 1 unspecified atom stereocenters. The molecule has 1 aromatic carbocycles. The molecule has 1 fully saturated rings. The maximum atomic E-state index is 12.6. The first-order chi connectivity index (χ1) is 11.4. The minimum Gasteiger partial charge on any atom is -0.466 e. The lowest BCUT2D eigenvalue weighted by molar-refractivity contribution is -0.921. The molecule has 0 saturated carbocycles. The summed E-state index contributed by atoms with van der Waals surface area (Å²) in [6.07, 6.45) is 1.70. The normalized spacial score (nSPS) is 21.8. The number of carbonyl (C=O) groups is 2. The molecule has 1 amide bonds. The third kappa shape index (κ3) is 4.62. The first kappa shape index (κ1) is 19.0. The fourth-order valence-electron chi connectivity index (χ4n) is 2.98. The first-order valence-corrected chi connectivity index (χ1v) is 8.95. The Hall–Kier alpha value is -1.30. The van der Waals surface area contributed by atoms with E-state index in [1.807, 2.05) is 6.92 Å². The van der Waals surface area contributed by atoms with Crippen LogP contribution in [0.1, 0.15) is 26.7 Å². The van der Waals surface area contributed by atoms with E-state index >= 15 is 0 Å². The smallest absolute Gasteiger partial charge is 0.314 e. The zero-order valence-electron chi connectivity index (χ0n) is 13.9. The standard InChI is InChI=1S/C17H22Cl2N2O3/c1-3-24-17(23)12-6-5-9-21(10-12)11(2)16(22)20-15-13(18)7-4-8-14(15)19/h4,7-8,11-12H,3,5-6,9-10H2,1-2H3,(H,20,22)/p+1/t11-,12+/m0/s1. The van der Waals surface area contributed by atoms with Crippen molar-refractivity contribution in [2.45, 2.75) is 32.7 Å². The summed E-state index contributed by atoms with van der Waals surface area (Å²) in [5, 5.41) is 3.61. The largest absolute Gasteiger partial charge is 0.466 e. The van der Waals surface area contributed by atoms with E-state index in [0.29, 0.717) is 28.9 Å². The SMILES string of the molecule is CCOC(=O)[C@@H]1CCC[NH+]([C@@H](C)C(=O)Nc2c(Cl)cccc2Cl)C1. The summed E-state index contributed by atoms with van der Waals surface area (Å²) in [5.74, 6) is -0.478. The molecule has 132 valence electrons. The van der Waals surface area contributed by atoms with Crippen molar-refractivity contribution in [3.8, 4) is 0 Å². The van der Waals surface area contributed by atoms with Crippen LogP contribution in [0.5, 0.6) is 0 Å². The van der Waals surface area contributed by atoms with Crippen LogP contribution in [-0.4, -0.2) is 37.6 Å². The number of nitrogens with one attached hydrogen (secondary N) is 2. The second kappa shape index (κ2) is 8.70. The molecule has 7 heteroatoms. The van der Waals surface area contributed by atoms with E-state index in [0.717, 1.165) is 24.3 Å². The Morgan fingerprint density at radius 1 is 1.38 bits per heavy atom. The molecule has 3 atom stereocenters. The number of rotatable bonds is 5. The summed E-state index contributed by atoms with van der Waals surface area (Å²) in [5.41, 5.74) is 0.427. The average Bonchev–Trinajstić information content (AvgIpc) is 2.57. The maximum Gasteiger partial charge on any atom is 0.314 e. The summed E-state index contributed by atoms with van der Waals surface area (Å²) < 4.78 is 5.11. The highest BCUT2D eigenvalue weighted by Crippen LogP contribution is 2.29. The number of esters is 1. The Balaban J connectivity index is 2.01. The Kier molecular flexibility index (Phi) is 6.90. The van der Waals surface area contributed by atoms with Gasteiger partial charge in [-0.2, -0.15) is 0 Å². The molecule has 2 N–H and O–H groups in total. The van der Waals surface area contributed by atoms with E-state index < -0.39 is 0 Å². The quantitative estimate of drug-likeness (QED) is 0.777. The number of likely N-dealkylation sites (tertiary alicyclic amines) is 1. The van der Waals surface area contributed by atoms with Crippen molar-refractivity contribution in [2.75, 3.05) is 25.0 Å². The van der Waals surface area contributed by atoms with E-state index in [4.69, 9.17) is 27.9 Å². The molecule has 0 spiro atoms. The number of quaternary nitrogens is 1. The molecule has 0 aromatic heterocycles. The van der Waals surface area contributed by atoms with Gasteiger partial charge in [0.1, 0.15) is 5.92 Å². The lowest BCUT2D eigenvalue weighted by Gasteiger charge is -2.32. The van der Waals surface area contributed by atoms with Crippen LogP contribution >= 0.6 is 23.2 Å². The zero-order valence-corrected chi connectivity index (χ0v) is 15.4. The number of ether oxygens (including phenoxy) is 1. The van der Waals surface area contributed by atoms with Gasteiger partial charge in [0.2, 0.25) is 0 Å². The number of halogens is 2. The number of anilines is 1. The van der Waals surface area contributed by atoms with Crippen molar-refractivity contribution in [3.63, 3.8) is 0 Å². The fraction of sp³-hybridized carbons (Fsp3) is 0.529. The third-order valence-electron chi connectivity index (χ3n) is 4.40. The minimum absolute atomic E-state index is 0.146. The van der Waals surface area contributed by atoms with Gasteiger partial charge in [-0.05, 0) is 38.8 Å². The Morgan fingerprint density at radius 3 is 2.67 bits per heavy atom. The molecule has 0 aliphatic carbocycles. The molecule has 0 radical (unpaired) electrons. The molecule has 1 aliphatic rings. The summed E-state index contributed by atoms with van der Waals surface area (Å²) in [6.45, 7) is 5.48. The van der Waals surface area contributed by atoms with Gasteiger partial charge in [0.05, 0.1) is 35.4 Å². The molecular weight excluding hydrogens is 351 g/mol. The van der Waals surface area contributed by atoms with Gasteiger partial charge in [0.15, 0.2) is 6.04 Å². The number of hydrogen-bond donors (Lipinski definition) is 2. The molecule has 1 saturated heterocycles. The van der Waals surface area contributed by atoms with Crippen LogP contribution in [0.3, 0.4) is 0 Å². The van der Waals surface area contributed by atoms with Gasteiger partial charge < -0.3 is 15.0 Å². The number of benzene rings is 1. The predicted molar refractivity (Wildman–Crippen MR) is 94.6 cm³/mol. The molecule has 2 rings (SSSR count). The van der Waals surface area contributed by atoms with Gasteiger partial charge >= 0.3 is 5.97 Å². The van der Waals surface area contributed by atoms with Gasteiger partial charge in [0, 0.05) is 0 Å². The second-order valence-corrected chi connectivity index (χ2v) is 6.83. The summed E-state index contributed by atoms with van der Waals surface area (Å²) in [4.78, 5) is 25.6. The number of piperidine rings is 1. The molecule has 1 aliphatic heterocycles. The molecule has 5 nitrogen and oxygen atoms in total. The Morgan fingerprint density at radius 2 is 2.04 bits per heavy atom. The monoisotopic (exact) mass is 373 g/mol. The molecule has 1 aromatic rings. The van der Waals surface area contributed by atoms with Gasteiger partial charge in [0.25, 0.3) is 5.91 Å². The second-order valence-electron chi connectivity index (χ2n) is 6.01. The predicted octanol–water partition coefficient (Wildman–Crippen LogP) is 2.18. The summed E-state index contributed by atoms with van der Waals surface area (Å²) >= 11 is 12.2. The number of amides is 1. The average molecular weight is 374 g/mol. The van der Waals surface area contributed by atoms with Gasteiger partial charge in [-0.25, -0.2) is 0 Å². The van der Waals surface area contributed by atoms with Crippen molar-refractivity contribution in [2.24, 2.45) is 5.92 Å². The van der Waals surface area contributed by atoms with Crippen LogP contribution < -0.4 is 10.2 Å². The Bertz CT molecular complexity index is 589. The lowest BCUT2D eigenvalue weighted by Crippen LogP contribution is -3.18. The van der Waals surface area contributed by atoms with Crippen LogP contribution in [-0.2, 0) is 14.3 Å². The van der Waals surface area contributed by atoms with Crippen molar-refractivity contribution in [1.82, 2.24) is 0 Å². The van der Waals surface area contributed by atoms with Crippen LogP contribution in [0.25, 0.3) is 0 Å². The van der Waals surface area contributed by atoms with Gasteiger partial charge in [-0.3, -0.25) is 9.59 Å². The van der Waals surface area contributed by atoms with Crippen molar-refractivity contribution >= 4 is 40.8 Å². The van der Waals surface area contributed by atoms with Crippen molar-refractivity contribution < 1.29 is 19.2 Å². The third-order valence-corrected chi connectivity index (χ3v) is 5.03. The fourth-order valence-corrected chi connectivity index (χ4v) is 3.48. The van der Waals surface area contributed by atoms with Gasteiger partial charge in [-0.15, -0.1) is 0 Å². The van der Waals surface area contributed by atoms with Crippen LogP contribution in [0.2, 0.25) is 10.0 Å². The van der Waals surface area contributed by atoms with E-state index in [-0.39, 0.29) is 23.8 Å². The molecule has 1 heterocycles. The van der Waals surface area contributed by atoms with Gasteiger partial charge in [-0.1, -0.05) is 29.3 Å². The topological polar surface area (TPSA) is 59.8 Å². The number of para-hydroxylation sites is 1. The van der Waals surface area contributed by atoms with Crippen LogP contribution in [0, 0.1) is 5.92 Å². The summed E-state index contributed by atoms with van der Waals surface area (Å²) in [6, 6.07) is 4.77. The number of carbonyl (C=O) groups excluding carboxylic acids is 2. The van der Waals surface area contributed by atoms with E-state index in [1.54, 1.807) is 25.1 Å². The molecular formula is C17H23Cl2N2O3+. The van der Waals surface area contributed by atoms with Crippen LogP contribution in [0.4, 0.5) is 5.69 Å². The lowest BCUT2D eigenvalue weighted by atomic mass is 9.97. The maximum absolute atomic E-state index is 12.6. The first-order valence-electron chi connectivity index (χ1n) is 8.20. The highest BCUT2D eigenvalue weighted by atomic mass is 35.5. The van der Waals surface area contributed by atoms with Crippen molar-refractivity contribution in [3.05, 3.63) is 28.2 Å². The van der Waals surface area contributed by atoms with E-state index in [2.05, 4.69) is 5.32 Å². The van der Waals surface area contributed by atoms with Crippen molar-refractivity contribution in [1.29, 1.82) is 0 Å². The minimum atomic E-state index is -0.311. The highest BCUT2D eigenvalue weighted by Gasteiger charge is 2.35. The zero-order chi connectivity index (χ0) is 17.7. The van der Waals surface area contributed by atoms with E-state index in [1.165, 1.54) is 0 Å². The van der Waals surface area contributed by atoms with E-state index in [9.17, 15) is 9.59 Å². The number of hydrogen-bond acceptors (Lipinski definition) is 3. The Labute approximate surface area is 152 Å². The molecule has 0 bridgehead atoms. The summed E-state index contributed by atoms with van der Waals surface area (Å²) in [7, 11) is 0. The molecule has 24 heavy (non-hydrogen) atoms. The highest BCUT2D eigenvalue weighted by molar-refractivity contribution is 6.39.